The van der Waals surface area contributed by atoms with Crippen molar-refractivity contribution in [2.45, 2.75) is 29.9 Å². The van der Waals surface area contributed by atoms with Gasteiger partial charge >= 0.3 is 0 Å². The van der Waals surface area contributed by atoms with Gasteiger partial charge in [0.2, 0.25) is 11.0 Å². The van der Waals surface area contributed by atoms with Crippen molar-refractivity contribution in [1.82, 2.24) is 10.2 Å². The van der Waals surface area contributed by atoms with Gasteiger partial charge in [-0.05, 0) is 43.2 Å². The van der Waals surface area contributed by atoms with Crippen LogP contribution in [0, 0.1) is 0 Å². The van der Waals surface area contributed by atoms with E-state index in [1.807, 2.05) is 43.3 Å². The zero-order valence-electron chi connectivity index (χ0n) is 15.9. The van der Waals surface area contributed by atoms with Gasteiger partial charge in [-0.15, -0.1) is 10.2 Å². The van der Waals surface area contributed by atoms with E-state index in [1.54, 1.807) is 7.11 Å². The Morgan fingerprint density at radius 2 is 1.93 bits per heavy atom. The third-order valence-electron chi connectivity index (χ3n) is 4.03. The molecule has 0 aliphatic heterocycles. The Balaban J connectivity index is 1.58. The lowest BCUT2D eigenvalue weighted by Crippen LogP contribution is -2.22. The number of amides is 1. The second-order valence-corrected chi connectivity index (χ2v) is 8.56. The molecule has 1 heterocycles. The number of hydrogen-bond donors (Lipinski definition) is 2. The molecule has 1 aromatic heterocycles. The summed E-state index contributed by atoms with van der Waals surface area (Å²) in [7, 11) is 1.58. The number of aryl methyl sites for hydroxylation is 1. The summed E-state index contributed by atoms with van der Waals surface area (Å²) in [5.41, 5.74) is 2.90. The van der Waals surface area contributed by atoms with Crippen LogP contribution in [0.3, 0.4) is 0 Å². The monoisotopic (exact) mass is 414 g/mol. The molecule has 0 aliphatic carbocycles. The van der Waals surface area contributed by atoms with Crippen molar-refractivity contribution < 1.29 is 9.53 Å². The van der Waals surface area contributed by atoms with Gasteiger partial charge in [-0.2, -0.15) is 0 Å². The number of methoxy groups -OCH3 is 1. The molecule has 8 heteroatoms. The second-order valence-electron chi connectivity index (χ2n) is 6.00. The molecule has 0 aliphatic rings. The number of nitrogens with one attached hydrogen (secondary N) is 2. The fraction of sp³-hybridized carbons (Fsp3) is 0.250. The average Bonchev–Trinajstić information content (AvgIpc) is 3.15. The number of ether oxygens (including phenoxy) is 1. The van der Waals surface area contributed by atoms with E-state index in [-0.39, 0.29) is 11.2 Å². The maximum atomic E-state index is 12.5. The minimum atomic E-state index is -0.324. The van der Waals surface area contributed by atoms with Gasteiger partial charge in [0, 0.05) is 5.69 Å². The van der Waals surface area contributed by atoms with Crippen molar-refractivity contribution in [3.05, 3.63) is 54.1 Å². The Kier molecular flexibility index (Phi) is 6.89. The number of thioether (sulfide) groups is 1. The van der Waals surface area contributed by atoms with Crippen molar-refractivity contribution in [3.8, 4) is 5.75 Å². The predicted molar refractivity (Wildman–Crippen MR) is 116 cm³/mol. The number of benzene rings is 2. The highest BCUT2D eigenvalue weighted by atomic mass is 32.2. The molecular weight excluding hydrogens is 392 g/mol. The lowest BCUT2D eigenvalue weighted by molar-refractivity contribution is -0.115. The van der Waals surface area contributed by atoms with Crippen LogP contribution in [0.4, 0.5) is 16.5 Å². The SMILES string of the molecule is CCc1ccc(Nc2nnc(S[C@H](C)C(=O)Nc3ccccc3OC)s2)cc1. The van der Waals surface area contributed by atoms with Crippen LogP contribution in [0.25, 0.3) is 0 Å². The van der Waals surface area contributed by atoms with Crippen LogP contribution in [-0.2, 0) is 11.2 Å². The van der Waals surface area contributed by atoms with Crippen LogP contribution < -0.4 is 15.4 Å². The lowest BCUT2D eigenvalue weighted by atomic mass is 10.1. The molecule has 0 unspecified atom stereocenters. The first kappa shape index (κ1) is 20.2. The molecule has 3 aromatic rings. The fourth-order valence-corrected chi connectivity index (χ4v) is 4.36. The zero-order valence-corrected chi connectivity index (χ0v) is 17.6. The summed E-state index contributed by atoms with van der Waals surface area (Å²) in [4.78, 5) is 12.5. The van der Waals surface area contributed by atoms with Crippen LogP contribution in [0.15, 0.2) is 52.9 Å². The van der Waals surface area contributed by atoms with Gasteiger partial charge in [0.1, 0.15) is 5.75 Å². The number of rotatable bonds is 8. The third-order valence-corrected chi connectivity index (χ3v) is 6.05. The molecule has 0 fully saturated rings. The molecule has 146 valence electrons. The number of anilines is 3. The highest BCUT2D eigenvalue weighted by Crippen LogP contribution is 2.31. The summed E-state index contributed by atoms with van der Waals surface area (Å²) < 4.78 is 6.00. The Hall–Kier alpha value is -2.58. The molecule has 1 atom stereocenters. The van der Waals surface area contributed by atoms with E-state index in [4.69, 9.17) is 4.74 Å². The largest absolute Gasteiger partial charge is 0.495 e. The standard InChI is InChI=1S/C20H22N4O2S2/c1-4-14-9-11-15(12-10-14)21-19-23-24-20(28-19)27-13(2)18(25)22-16-7-5-6-8-17(16)26-3/h5-13H,4H2,1-3H3,(H,21,23)(H,22,25)/t13-/m1/s1. The smallest absolute Gasteiger partial charge is 0.237 e. The molecule has 6 nitrogen and oxygen atoms in total. The summed E-state index contributed by atoms with van der Waals surface area (Å²) in [6.45, 7) is 3.97. The first-order valence-corrected chi connectivity index (χ1v) is 10.6. The van der Waals surface area contributed by atoms with Crippen LogP contribution in [0.5, 0.6) is 5.75 Å². The lowest BCUT2D eigenvalue weighted by Gasteiger charge is -2.12. The van der Waals surface area contributed by atoms with E-state index in [0.717, 1.165) is 16.4 Å². The van der Waals surface area contributed by atoms with Crippen LogP contribution in [0.1, 0.15) is 19.4 Å². The minimum Gasteiger partial charge on any atom is -0.495 e. The zero-order chi connectivity index (χ0) is 19.9. The molecule has 0 saturated carbocycles. The number of hydrogen-bond acceptors (Lipinski definition) is 7. The van der Waals surface area contributed by atoms with Gasteiger partial charge < -0.3 is 15.4 Å². The molecule has 3 rings (SSSR count). The molecule has 0 radical (unpaired) electrons. The van der Waals surface area contributed by atoms with Crippen LogP contribution in [-0.4, -0.2) is 28.5 Å². The van der Waals surface area contributed by atoms with Gasteiger partial charge in [-0.1, -0.05) is 54.3 Å². The van der Waals surface area contributed by atoms with Gasteiger partial charge in [0.25, 0.3) is 0 Å². The van der Waals surface area contributed by atoms with Crippen molar-refractivity contribution in [2.24, 2.45) is 0 Å². The van der Waals surface area contributed by atoms with Crippen molar-refractivity contribution in [3.63, 3.8) is 0 Å². The number of nitrogens with zero attached hydrogens (tertiary/aromatic N) is 2. The highest BCUT2D eigenvalue weighted by molar-refractivity contribution is 8.02. The van der Waals surface area contributed by atoms with E-state index >= 15 is 0 Å². The van der Waals surface area contributed by atoms with Crippen LogP contribution >= 0.6 is 23.1 Å². The Bertz CT molecular complexity index is 928. The molecule has 2 aromatic carbocycles. The Labute approximate surface area is 172 Å². The molecule has 2 N–H and O–H groups in total. The molecule has 0 spiro atoms. The summed E-state index contributed by atoms with van der Waals surface area (Å²) >= 11 is 2.80. The van der Waals surface area contributed by atoms with E-state index in [2.05, 4.69) is 39.9 Å². The minimum absolute atomic E-state index is 0.116. The number of carbonyl (C=O) groups excluding carboxylic acids is 1. The summed E-state index contributed by atoms with van der Waals surface area (Å²) in [6, 6.07) is 15.6. The third kappa shape index (κ3) is 5.24. The molecule has 1 amide bonds. The van der Waals surface area contributed by atoms with Gasteiger partial charge in [-0.25, -0.2) is 0 Å². The summed E-state index contributed by atoms with van der Waals surface area (Å²) in [5, 5.41) is 14.9. The molecule has 0 bridgehead atoms. The van der Waals surface area contributed by atoms with E-state index in [1.165, 1.54) is 28.7 Å². The maximum Gasteiger partial charge on any atom is 0.237 e. The molecule has 28 heavy (non-hydrogen) atoms. The summed E-state index contributed by atoms with van der Waals surface area (Å²) in [5.74, 6) is 0.513. The molecule has 0 saturated heterocycles. The second kappa shape index (κ2) is 9.57. The number of para-hydroxylation sites is 2. The average molecular weight is 415 g/mol. The normalized spacial score (nSPS) is 11.7. The van der Waals surface area contributed by atoms with Crippen LogP contribution in [0.2, 0.25) is 0 Å². The first-order chi connectivity index (χ1) is 13.6. The van der Waals surface area contributed by atoms with E-state index in [9.17, 15) is 4.79 Å². The van der Waals surface area contributed by atoms with Gasteiger partial charge in [0.05, 0.1) is 18.0 Å². The maximum absolute atomic E-state index is 12.5. The van der Waals surface area contributed by atoms with Gasteiger partial charge in [0.15, 0.2) is 4.34 Å². The Morgan fingerprint density at radius 1 is 1.18 bits per heavy atom. The number of aromatic nitrogens is 2. The first-order valence-electron chi connectivity index (χ1n) is 8.89. The van der Waals surface area contributed by atoms with Crippen molar-refractivity contribution >= 4 is 45.5 Å². The number of carbonyl (C=O) groups is 1. The predicted octanol–water partition coefficient (Wildman–Crippen LogP) is 4.97. The van der Waals surface area contributed by atoms with Crippen molar-refractivity contribution in [1.29, 1.82) is 0 Å². The fourth-order valence-electron chi connectivity index (χ4n) is 2.44. The topological polar surface area (TPSA) is 76.1 Å². The van der Waals surface area contributed by atoms with Crippen molar-refractivity contribution in [2.75, 3.05) is 17.7 Å². The molecular formula is C20H22N4O2S2. The summed E-state index contributed by atoms with van der Waals surface area (Å²) in [6.07, 6.45) is 1.01. The van der Waals surface area contributed by atoms with E-state index < -0.39 is 0 Å². The quantitative estimate of drug-likeness (QED) is 0.507. The Morgan fingerprint density at radius 3 is 2.64 bits per heavy atom. The highest BCUT2D eigenvalue weighted by Gasteiger charge is 2.18. The van der Waals surface area contributed by atoms with Gasteiger partial charge in [-0.3, -0.25) is 4.79 Å². The van der Waals surface area contributed by atoms with E-state index in [0.29, 0.717) is 16.6 Å².